The quantitative estimate of drug-likeness (QED) is 0.884. The van der Waals surface area contributed by atoms with E-state index >= 15 is 0 Å². The van der Waals surface area contributed by atoms with Gasteiger partial charge in [-0.05, 0) is 37.6 Å². The minimum atomic E-state index is -0.868. The number of carboxylic acid groups (broad SMARTS) is 1. The Balaban J connectivity index is 1.92. The number of anilines is 1. The van der Waals surface area contributed by atoms with Crippen LogP contribution in [0.1, 0.15) is 12.8 Å². The first-order valence-electron chi connectivity index (χ1n) is 6.08. The van der Waals surface area contributed by atoms with Crippen molar-refractivity contribution in [1.82, 2.24) is 4.90 Å². The summed E-state index contributed by atoms with van der Waals surface area (Å²) in [5, 5.41) is 12.3. The topological polar surface area (TPSA) is 69.6 Å². The number of hydrogen-bond acceptors (Lipinski definition) is 3. The molecule has 1 heterocycles. The van der Waals surface area contributed by atoms with E-state index in [1.807, 2.05) is 0 Å². The summed E-state index contributed by atoms with van der Waals surface area (Å²) in [6, 6.07) is 6.30. The van der Waals surface area contributed by atoms with Gasteiger partial charge in [-0.3, -0.25) is 14.5 Å². The van der Waals surface area contributed by atoms with Crippen LogP contribution in [0.15, 0.2) is 24.3 Å². The zero-order valence-corrected chi connectivity index (χ0v) is 11.1. The van der Waals surface area contributed by atoms with Crippen molar-refractivity contribution in [3.8, 4) is 0 Å². The molecule has 1 amide bonds. The Morgan fingerprint density at radius 1 is 1.47 bits per heavy atom. The Bertz CT molecular complexity index is 493. The van der Waals surface area contributed by atoms with Crippen molar-refractivity contribution in [2.75, 3.05) is 18.4 Å². The molecule has 1 aromatic carbocycles. The normalized spacial score (nSPS) is 19.3. The molecule has 102 valence electrons. The number of rotatable bonds is 4. The molecule has 1 aliphatic heterocycles. The first-order chi connectivity index (χ1) is 9.06. The molecule has 2 N–H and O–H groups in total. The lowest BCUT2D eigenvalue weighted by atomic mass is 10.2. The van der Waals surface area contributed by atoms with Gasteiger partial charge in [0.2, 0.25) is 5.91 Å². The lowest BCUT2D eigenvalue weighted by molar-refractivity contribution is -0.142. The minimum Gasteiger partial charge on any atom is -0.480 e. The molecular formula is C13H15ClN2O3. The number of carbonyl (C=O) groups is 2. The summed E-state index contributed by atoms with van der Waals surface area (Å²) >= 11 is 5.82. The Labute approximate surface area is 116 Å². The number of benzene rings is 1. The third-order valence-electron chi connectivity index (χ3n) is 3.10. The van der Waals surface area contributed by atoms with Crippen molar-refractivity contribution >= 4 is 29.2 Å². The van der Waals surface area contributed by atoms with Gasteiger partial charge in [0.25, 0.3) is 0 Å². The molecule has 1 atom stereocenters. The number of likely N-dealkylation sites (tertiary alicyclic amines) is 1. The third kappa shape index (κ3) is 3.68. The predicted molar refractivity (Wildman–Crippen MR) is 72.3 cm³/mol. The Morgan fingerprint density at radius 2 is 2.26 bits per heavy atom. The molecule has 0 radical (unpaired) electrons. The van der Waals surface area contributed by atoms with Gasteiger partial charge in [0.15, 0.2) is 0 Å². The van der Waals surface area contributed by atoms with Crippen LogP contribution in [0.25, 0.3) is 0 Å². The fourth-order valence-corrected chi connectivity index (χ4v) is 2.44. The molecule has 2 rings (SSSR count). The van der Waals surface area contributed by atoms with Crippen LogP contribution in [0.5, 0.6) is 0 Å². The lowest BCUT2D eigenvalue weighted by Crippen LogP contribution is -2.40. The average molecular weight is 283 g/mol. The van der Waals surface area contributed by atoms with Crippen LogP contribution in [0.2, 0.25) is 5.02 Å². The molecule has 0 bridgehead atoms. The van der Waals surface area contributed by atoms with E-state index in [4.69, 9.17) is 16.7 Å². The van der Waals surface area contributed by atoms with Gasteiger partial charge in [0.1, 0.15) is 6.04 Å². The number of aliphatic carboxylic acids is 1. The molecule has 6 heteroatoms. The van der Waals surface area contributed by atoms with Crippen molar-refractivity contribution in [2.45, 2.75) is 18.9 Å². The largest absolute Gasteiger partial charge is 0.480 e. The second-order valence-electron chi connectivity index (χ2n) is 4.53. The van der Waals surface area contributed by atoms with E-state index in [0.29, 0.717) is 23.7 Å². The molecule has 1 aliphatic rings. The van der Waals surface area contributed by atoms with E-state index in [-0.39, 0.29) is 12.5 Å². The first-order valence-corrected chi connectivity index (χ1v) is 6.46. The summed E-state index contributed by atoms with van der Waals surface area (Å²) in [6.07, 6.45) is 1.40. The van der Waals surface area contributed by atoms with E-state index in [1.54, 1.807) is 29.2 Å². The molecule has 5 nitrogen and oxygen atoms in total. The van der Waals surface area contributed by atoms with Gasteiger partial charge in [0, 0.05) is 10.7 Å². The highest BCUT2D eigenvalue weighted by atomic mass is 35.5. The molecule has 1 fully saturated rings. The highest BCUT2D eigenvalue weighted by Gasteiger charge is 2.31. The molecule has 19 heavy (non-hydrogen) atoms. The number of hydrogen-bond donors (Lipinski definition) is 2. The summed E-state index contributed by atoms with van der Waals surface area (Å²) < 4.78 is 0. The monoisotopic (exact) mass is 282 g/mol. The van der Waals surface area contributed by atoms with E-state index in [9.17, 15) is 9.59 Å². The predicted octanol–water partition coefficient (Wildman–Crippen LogP) is 1.83. The van der Waals surface area contributed by atoms with Gasteiger partial charge in [-0.1, -0.05) is 17.7 Å². The highest BCUT2D eigenvalue weighted by Crippen LogP contribution is 2.18. The molecule has 0 aliphatic carbocycles. The maximum absolute atomic E-state index is 11.9. The van der Waals surface area contributed by atoms with E-state index in [2.05, 4.69) is 5.32 Å². The van der Waals surface area contributed by atoms with E-state index in [1.165, 1.54) is 0 Å². The fraction of sp³-hybridized carbons (Fsp3) is 0.385. The number of nitrogens with one attached hydrogen (secondary N) is 1. The number of carbonyl (C=O) groups excluding carboxylic acids is 1. The Kier molecular flexibility index (Phi) is 4.39. The molecule has 1 saturated heterocycles. The lowest BCUT2D eigenvalue weighted by Gasteiger charge is -2.20. The van der Waals surface area contributed by atoms with Gasteiger partial charge in [-0.2, -0.15) is 0 Å². The van der Waals surface area contributed by atoms with Gasteiger partial charge >= 0.3 is 5.97 Å². The Morgan fingerprint density at radius 3 is 2.95 bits per heavy atom. The summed E-state index contributed by atoms with van der Waals surface area (Å²) in [7, 11) is 0. The molecular weight excluding hydrogens is 268 g/mol. The Hall–Kier alpha value is -1.59. The van der Waals surface area contributed by atoms with Crippen LogP contribution in [-0.2, 0) is 9.59 Å². The standard InChI is InChI=1S/C13H15ClN2O3/c14-9-3-1-4-10(7-9)15-12(17)8-16-6-2-5-11(16)13(18)19/h1,3-4,7,11H,2,5-6,8H2,(H,15,17)(H,18,19)/t11-/m0/s1. The maximum atomic E-state index is 11.9. The van der Waals surface area contributed by atoms with Crippen LogP contribution in [0, 0.1) is 0 Å². The smallest absolute Gasteiger partial charge is 0.320 e. The van der Waals surface area contributed by atoms with Crippen molar-refractivity contribution in [3.63, 3.8) is 0 Å². The fourth-order valence-electron chi connectivity index (χ4n) is 2.25. The summed E-state index contributed by atoms with van der Waals surface area (Å²) in [5.41, 5.74) is 0.614. The maximum Gasteiger partial charge on any atom is 0.320 e. The van der Waals surface area contributed by atoms with E-state index < -0.39 is 12.0 Å². The molecule has 0 unspecified atom stereocenters. The number of halogens is 1. The summed E-state index contributed by atoms with van der Waals surface area (Å²) in [4.78, 5) is 24.5. The second kappa shape index (κ2) is 6.04. The van der Waals surface area contributed by atoms with Crippen LogP contribution in [0.4, 0.5) is 5.69 Å². The SMILES string of the molecule is O=C(CN1CCC[C@H]1C(=O)O)Nc1cccc(Cl)c1. The van der Waals surface area contributed by atoms with Crippen molar-refractivity contribution in [2.24, 2.45) is 0 Å². The minimum absolute atomic E-state index is 0.0868. The van der Waals surface area contributed by atoms with Crippen molar-refractivity contribution in [3.05, 3.63) is 29.3 Å². The van der Waals surface area contributed by atoms with Gasteiger partial charge in [-0.15, -0.1) is 0 Å². The average Bonchev–Trinajstić information content (AvgIpc) is 2.76. The van der Waals surface area contributed by atoms with Gasteiger partial charge in [-0.25, -0.2) is 0 Å². The molecule has 0 aromatic heterocycles. The summed E-state index contributed by atoms with van der Waals surface area (Å²) in [6.45, 7) is 0.726. The van der Waals surface area contributed by atoms with Crippen LogP contribution < -0.4 is 5.32 Å². The van der Waals surface area contributed by atoms with Crippen molar-refractivity contribution in [1.29, 1.82) is 0 Å². The molecule has 0 spiro atoms. The van der Waals surface area contributed by atoms with Gasteiger partial charge < -0.3 is 10.4 Å². The van der Waals surface area contributed by atoms with Crippen LogP contribution in [-0.4, -0.2) is 41.0 Å². The van der Waals surface area contributed by atoms with E-state index in [0.717, 1.165) is 6.42 Å². The highest BCUT2D eigenvalue weighted by molar-refractivity contribution is 6.30. The zero-order valence-electron chi connectivity index (χ0n) is 10.3. The van der Waals surface area contributed by atoms with Crippen LogP contribution in [0.3, 0.4) is 0 Å². The first kappa shape index (κ1) is 13.8. The van der Waals surface area contributed by atoms with Crippen molar-refractivity contribution < 1.29 is 14.7 Å². The molecule has 0 saturated carbocycles. The third-order valence-corrected chi connectivity index (χ3v) is 3.34. The zero-order chi connectivity index (χ0) is 13.8. The number of amides is 1. The summed E-state index contributed by atoms with van der Waals surface area (Å²) in [5.74, 6) is -1.09. The molecule has 1 aromatic rings. The number of carboxylic acids is 1. The van der Waals surface area contributed by atoms with Crippen LogP contribution >= 0.6 is 11.6 Å². The van der Waals surface area contributed by atoms with Gasteiger partial charge in [0.05, 0.1) is 6.54 Å². The number of nitrogens with zero attached hydrogens (tertiary/aromatic N) is 1. The second-order valence-corrected chi connectivity index (χ2v) is 4.96.